The van der Waals surface area contributed by atoms with Gasteiger partial charge in [-0.1, -0.05) is 0 Å². The number of pyridine rings is 1. The van der Waals surface area contributed by atoms with E-state index in [0.717, 1.165) is 10.5 Å². The van der Waals surface area contributed by atoms with E-state index in [1.807, 2.05) is 0 Å². The van der Waals surface area contributed by atoms with Crippen molar-refractivity contribution in [1.82, 2.24) is 9.29 Å². The number of hydrogen-bond donors (Lipinski definition) is 2. The van der Waals surface area contributed by atoms with Crippen LogP contribution in [0.4, 0.5) is 14.5 Å². The van der Waals surface area contributed by atoms with E-state index < -0.39 is 44.0 Å². The van der Waals surface area contributed by atoms with E-state index in [0.29, 0.717) is 17.4 Å². The van der Waals surface area contributed by atoms with Crippen LogP contribution < -0.4 is 15.8 Å². The van der Waals surface area contributed by atoms with Gasteiger partial charge in [-0.25, -0.2) is 31.5 Å². The number of fused-ring (bicyclic) bond motifs is 3. The molecule has 164 valence electrons. The smallest absolute Gasteiger partial charge is 0.277 e. The van der Waals surface area contributed by atoms with Gasteiger partial charge in [0.25, 0.3) is 5.91 Å². The molecule has 0 saturated heterocycles. The molecule has 0 fully saturated rings. The third kappa shape index (κ3) is 3.36. The fraction of sp³-hybridized carbons (Fsp3) is 0.316. The highest BCUT2D eigenvalue weighted by Crippen LogP contribution is 2.45. The van der Waals surface area contributed by atoms with Crippen molar-refractivity contribution in [1.29, 1.82) is 0 Å². The number of nitrogens with two attached hydrogens (primary N) is 1. The third-order valence-electron chi connectivity index (χ3n) is 5.48. The Bertz CT molecular complexity index is 1220. The first-order valence-corrected chi connectivity index (χ1v) is 10.8. The second kappa shape index (κ2) is 7.15. The Balaban J connectivity index is 1.76. The molecule has 0 saturated carbocycles. The highest BCUT2D eigenvalue weighted by molar-refractivity contribution is 7.90. The van der Waals surface area contributed by atoms with Gasteiger partial charge in [-0.3, -0.25) is 4.79 Å². The van der Waals surface area contributed by atoms with Gasteiger partial charge in [0, 0.05) is 30.8 Å². The number of halogens is 2. The molecule has 2 atom stereocenters. The molecule has 9 nitrogen and oxygen atoms in total. The summed E-state index contributed by atoms with van der Waals surface area (Å²) in [7, 11) is -2.47. The van der Waals surface area contributed by atoms with Crippen LogP contribution in [-0.2, 0) is 15.6 Å². The van der Waals surface area contributed by atoms with Gasteiger partial charge in [0.05, 0.1) is 12.8 Å². The van der Waals surface area contributed by atoms with Gasteiger partial charge < -0.3 is 15.8 Å². The van der Waals surface area contributed by atoms with Crippen LogP contribution >= 0.6 is 0 Å². The van der Waals surface area contributed by atoms with Crippen LogP contribution in [0.1, 0.15) is 29.4 Å². The Morgan fingerprint density at radius 1 is 1.35 bits per heavy atom. The fourth-order valence-corrected chi connectivity index (χ4v) is 5.67. The molecule has 1 aromatic carbocycles. The quantitative estimate of drug-likeness (QED) is 0.714. The maximum absolute atomic E-state index is 13.9. The summed E-state index contributed by atoms with van der Waals surface area (Å²) in [6, 6.07) is 5.13. The zero-order chi connectivity index (χ0) is 22.6. The number of carbonyl (C=O) groups excluding carboxylic acids is 1. The van der Waals surface area contributed by atoms with Crippen molar-refractivity contribution in [3.8, 4) is 5.75 Å². The standard InChI is InChI=1S/C19H19F2N5O4S/c1-19-12-8-11(24-17(27)16-13(21)7-10(20)9-23-16)3-4-14(12)30-6-5-15(19)31(28,29)26(2)18(22)25-19/h3-4,7-9,15H,5-6H2,1-2H3,(H2,22,25)(H,24,27)/t15-,19+/m0/s1. The molecule has 1 amide bonds. The molecule has 2 aliphatic heterocycles. The zero-order valence-corrected chi connectivity index (χ0v) is 17.4. The minimum Gasteiger partial charge on any atom is -0.493 e. The number of ether oxygens (including phenoxy) is 1. The van der Waals surface area contributed by atoms with Crippen molar-refractivity contribution < 1.29 is 26.7 Å². The van der Waals surface area contributed by atoms with E-state index in [9.17, 15) is 22.0 Å². The SMILES string of the molecule is CN1C(N)=N[C@]2(C)c3cc(NC(=O)c4ncc(F)cc4F)ccc3OCC[C@@H]2S1(=O)=O. The van der Waals surface area contributed by atoms with Gasteiger partial charge in [-0.05, 0) is 25.1 Å². The van der Waals surface area contributed by atoms with E-state index in [4.69, 9.17) is 10.5 Å². The van der Waals surface area contributed by atoms with Gasteiger partial charge in [0.15, 0.2) is 11.5 Å². The lowest BCUT2D eigenvalue weighted by Gasteiger charge is -2.40. The molecule has 2 aromatic rings. The summed E-state index contributed by atoms with van der Waals surface area (Å²) >= 11 is 0. The lowest BCUT2D eigenvalue weighted by molar-refractivity contribution is 0.101. The normalized spacial score (nSPS) is 24.2. The van der Waals surface area contributed by atoms with Crippen LogP contribution in [-0.4, -0.2) is 48.5 Å². The van der Waals surface area contributed by atoms with Crippen molar-refractivity contribution in [3.63, 3.8) is 0 Å². The van der Waals surface area contributed by atoms with Crippen molar-refractivity contribution in [2.75, 3.05) is 19.0 Å². The monoisotopic (exact) mass is 451 g/mol. The first kappa shape index (κ1) is 21.0. The molecule has 0 radical (unpaired) electrons. The van der Waals surface area contributed by atoms with Crippen LogP contribution in [0.15, 0.2) is 35.5 Å². The lowest BCUT2D eigenvalue weighted by atomic mass is 9.87. The Morgan fingerprint density at radius 2 is 2.10 bits per heavy atom. The van der Waals surface area contributed by atoms with Gasteiger partial charge in [0.2, 0.25) is 16.0 Å². The summed E-state index contributed by atoms with van der Waals surface area (Å²) in [6.07, 6.45) is 0.913. The third-order valence-corrected chi connectivity index (χ3v) is 7.85. The van der Waals surface area contributed by atoms with E-state index in [1.165, 1.54) is 19.2 Å². The van der Waals surface area contributed by atoms with Crippen LogP contribution in [0, 0.1) is 11.6 Å². The minimum absolute atomic E-state index is 0.145. The van der Waals surface area contributed by atoms with Gasteiger partial charge in [0.1, 0.15) is 22.4 Å². The number of carbonyl (C=O) groups is 1. The maximum Gasteiger partial charge on any atom is 0.277 e. The van der Waals surface area contributed by atoms with E-state index in [1.54, 1.807) is 13.0 Å². The summed E-state index contributed by atoms with van der Waals surface area (Å²) in [5.41, 5.74) is 4.65. The minimum atomic E-state index is -3.81. The second-order valence-corrected chi connectivity index (χ2v) is 9.55. The summed E-state index contributed by atoms with van der Waals surface area (Å²) in [5, 5.41) is 1.54. The number of nitrogens with zero attached hydrogens (tertiary/aromatic N) is 3. The average molecular weight is 451 g/mol. The van der Waals surface area contributed by atoms with E-state index in [2.05, 4.69) is 15.3 Å². The van der Waals surface area contributed by atoms with Crippen LogP contribution in [0.5, 0.6) is 5.75 Å². The van der Waals surface area contributed by atoms with Crippen molar-refractivity contribution >= 4 is 27.6 Å². The number of benzene rings is 1. The number of rotatable bonds is 2. The molecule has 3 N–H and O–H groups in total. The molecule has 4 rings (SSSR count). The van der Waals surface area contributed by atoms with Crippen LogP contribution in [0.3, 0.4) is 0 Å². The van der Waals surface area contributed by atoms with Gasteiger partial charge in [-0.15, -0.1) is 0 Å². The molecular weight excluding hydrogens is 432 g/mol. The van der Waals surface area contributed by atoms with Crippen LogP contribution in [0.25, 0.3) is 0 Å². The molecule has 0 aliphatic carbocycles. The van der Waals surface area contributed by atoms with Crippen molar-refractivity contribution in [2.45, 2.75) is 24.1 Å². The summed E-state index contributed by atoms with van der Waals surface area (Å²) in [4.78, 5) is 20.4. The molecule has 1 aromatic heterocycles. The lowest BCUT2D eigenvalue weighted by Crippen LogP contribution is -2.56. The number of guanidine groups is 1. The highest BCUT2D eigenvalue weighted by Gasteiger charge is 2.52. The van der Waals surface area contributed by atoms with E-state index >= 15 is 0 Å². The maximum atomic E-state index is 13.9. The topological polar surface area (TPSA) is 127 Å². The van der Waals surface area contributed by atoms with E-state index in [-0.39, 0.29) is 24.7 Å². The summed E-state index contributed by atoms with van der Waals surface area (Å²) < 4.78 is 59.6. The number of aromatic nitrogens is 1. The Labute approximate surface area is 177 Å². The number of aliphatic imine (C=N–C) groups is 1. The summed E-state index contributed by atoms with van der Waals surface area (Å²) in [6.45, 7) is 1.78. The molecular formula is C19H19F2N5O4S. The van der Waals surface area contributed by atoms with Crippen molar-refractivity contribution in [2.24, 2.45) is 10.7 Å². The van der Waals surface area contributed by atoms with Gasteiger partial charge in [-0.2, -0.15) is 0 Å². The molecule has 0 bridgehead atoms. The number of amides is 1. The molecule has 2 aliphatic rings. The Morgan fingerprint density at radius 3 is 2.81 bits per heavy atom. The van der Waals surface area contributed by atoms with Crippen molar-refractivity contribution in [3.05, 3.63) is 53.4 Å². The first-order valence-electron chi connectivity index (χ1n) is 9.27. The molecule has 0 unspecified atom stereocenters. The zero-order valence-electron chi connectivity index (χ0n) is 16.6. The fourth-order valence-electron chi connectivity index (χ4n) is 3.83. The molecule has 31 heavy (non-hydrogen) atoms. The molecule has 3 heterocycles. The number of hydrogen-bond acceptors (Lipinski definition) is 7. The predicted molar refractivity (Wildman–Crippen MR) is 108 cm³/mol. The number of nitrogens with one attached hydrogen (secondary N) is 1. The first-order chi connectivity index (χ1) is 14.5. The van der Waals surface area contributed by atoms with Gasteiger partial charge >= 0.3 is 0 Å². The predicted octanol–water partition coefficient (Wildman–Crippen LogP) is 1.57. The number of sulfonamides is 1. The molecule has 12 heteroatoms. The van der Waals surface area contributed by atoms with Crippen LogP contribution in [0.2, 0.25) is 0 Å². The second-order valence-electron chi connectivity index (χ2n) is 7.40. The Kier molecular flexibility index (Phi) is 4.84. The average Bonchev–Trinajstić information content (AvgIpc) is 2.83. The highest BCUT2D eigenvalue weighted by atomic mass is 32.2. The largest absolute Gasteiger partial charge is 0.493 e. The summed E-state index contributed by atoms with van der Waals surface area (Å²) in [5.74, 6) is -2.69. The Hall–Kier alpha value is -3.28. The molecule has 0 spiro atoms. The number of anilines is 1.